The maximum atomic E-state index is 13.2. The van der Waals surface area contributed by atoms with E-state index < -0.39 is 10.0 Å². The van der Waals surface area contributed by atoms with E-state index >= 15 is 0 Å². The molecule has 1 fully saturated rings. The van der Waals surface area contributed by atoms with Crippen molar-refractivity contribution in [1.82, 2.24) is 9.29 Å². The average molecular weight is 374 g/mol. The molecule has 4 rings (SSSR count). The van der Waals surface area contributed by atoms with Crippen LogP contribution in [0.3, 0.4) is 0 Å². The van der Waals surface area contributed by atoms with Crippen LogP contribution < -0.4 is 4.74 Å². The zero-order valence-electron chi connectivity index (χ0n) is 13.8. The largest absolute Gasteiger partial charge is 0.495 e. The molecule has 1 saturated heterocycles. The molecule has 3 aromatic rings. The van der Waals surface area contributed by atoms with Crippen molar-refractivity contribution in [3.63, 3.8) is 0 Å². The van der Waals surface area contributed by atoms with E-state index in [1.165, 1.54) is 7.11 Å². The van der Waals surface area contributed by atoms with Crippen molar-refractivity contribution >= 4 is 31.6 Å². The fourth-order valence-corrected chi connectivity index (χ4v) is 6.27. The summed E-state index contributed by atoms with van der Waals surface area (Å²) in [6.45, 7) is 0.501. The van der Waals surface area contributed by atoms with Crippen molar-refractivity contribution < 1.29 is 13.2 Å². The summed E-state index contributed by atoms with van der Waals surface area (Å²) in [4.78, 5) is 4.89. The van der Waals surface area contributed by atoms with Gasteiger partial charge in [-0.15, -0.1) is 11.3 Å². The van der Waals surface area contributed by atoms with Gasteiger partial charge in [-0.3, -0.25) is 0 Å². The summed E-state index contributed by atoms with van der Waals surface area (Å²) in [5.41, 5.74) is 0.920. The second kappa shape index (κ2) is 6.40. The van der Waals surface area contributed by atoms with E-state index in [2.05, 4.69) is 4.98 Å². The van der Waals surface area contributed by atoms with E-state index in [0.29, 0.717) is 12.3 Å². The van der Waals surface area contributed by atoms with Gasteiger partial charge in [-0.05, 0) is 37.1 Å². The summed E-state index contributed by atoms with van der Waals surface area (Å²) in [5, 5.41) is 0.858. The van der Waals surface area contributed by atoms with Crippen molar-refractivity contribution in [1.29, 1.82) is 0 Å². The van der Waals surface area contributed by atoms with Gasteiger partial charge in [-0.1, -0.05) is 24.3 Å². The number of para-hydroxylation sites is 2. The molecular weight excluding hydrogens is 356 g/mol. The van der Waals surface area contributed by atoms with Crippen LogP contribution in [0, 0.1) is 0 Å². The van der Waals surface area contributed by atoms with E-state index in [1.54, 1.807) is 39.9 Å². The summed E-state index contributed by atoms with van der Waals surface area (Å²) in [6.07, 6.45) is 1.61. The number of aromatic nitrogens is 1. The van der Waals surface area contributed by atoms with Crippen LogP contribution in [0.15, 0.2) is 53.4 Å². The third kappa shape index (κ3) is 2.82. The molecule has 1 aliphatic rings. The second-order valence-corrected chi connectivity index (χ2v) is 8.87. The van der Waals surface area contributed by atoms with Crippen LogP contribution in [0.2, 0.25) is 0 Å². The average Bonchev–Trinajstić information content (AvgIpc) is 3.28. The highest BCUT2D eigenvalue weighted by Gasteiger charge is 2.39. The van der Waals surface area contributed by atoms with Gasteiger partial charge in [-0.25, -0.2) is 13.4 Å². The zero-order valence-corrected chi connectivity index (χ0v) is 15.4. The third-order valence-electron chi connectivity index (χ3n) is 4.45. The van der Waals surface area contributed by atoms with Crippen LogP contribution in [0.25, 0.3) is 10.2 Å². The molecule has 0 spiro atoms. The maximum absolute atomic E-state index is 13.2. The van der Waals surface area contributed by atoms with Gasteiger partial charge in [0.1, 0.15) is 15.7 Å². The monoisotopic (exact) mass is 374 g/mol. The lowest BCUT2D eigenvalue weighted by Crippen LogP contribution is -2.30. The predicted octanol–water partition coefficient (Wildman–Crippen LogP) is 3.83. The third-order valence-corrected chi connectivity index (χ3v) is 7.54. The van der Waals surface area contributed by atoms with E-state index in [-0.39, 0.29) is 10.9 Å². The molecule has 0 amide bonds. The number of sulfonamides is 1. The molecule has 2 heterocycles. The minimum absolute atomic E-state index is 0.213. The molecule has 1 aromatic heterocycles. The first-order valence-corrected chi connectivity index (χ1v) is 10.4. The molecule has 0 bridgehead atoms. The van der Waals surface area contributed by atoms with Gasteiger partial charge in [0.2, 0.25) is 10.0 Å². The lowest BCUT2D eigenvalue weighted by atomic mass is 10.2. The summed E-state index contributed by atoms with van der Waals surface area (Å²) >= 11 is 1.57. The Morgan fingerprint density at radius 3 is 2.72 bits per heavy atom. The topological polar surface area (TPSA) is 59.5 Å². The smallest absolute Gasteiger partial charge is 0.247 e. The molecule has 25 heavy (non-hydrogen) atoms. The van der Waals surface area contributed by atoms with Crippen LogP contribution in [-0.4, -0.2) is 31.4 Å². The van der Waals surface area contributed by atoms with Crippen molar-refractivity contribution in [3.05, 3.63) is 53.5 Å². The lowest BCUT2D eigenvalue weighted by Gasteiger charge is -2.23. The van der Waals surface area contributed by atoms with Crippen molar-refractivity contribution in [2.75, 3.05) is 13.7 Å². The molecule has 7 heteroatoms. The lowest BCUT2D eigenvalue weighted by molar-refractivity contribution is 0.380. The molecule has 1 aliphatic heterocycles. The number of hydrogen-bond acceptors (Lipinski definition) is 5. The van der Waals surface area contributed by atoms with Crippen LogP contribution in [0.4, 0.5) is 0 Å². The molecule has 0 radical (unpaired) electrons. The van der Waals surface area contributed by atoms with Crippen LogP contribution in [0.1, 0.15) is 23.9 Å². The first-order chi connectivity index (χ1) is 12.1. The van der Waals surface area contributed by atoms with Crippen molar-refractivity contribution in [3.8, 4) is 5.75 Å². The number of methoxy groups -OCH3 is 1. The Balaban J connectivity index is 1.76. The number of hydrogen-bond donors (Lipinski definition) is 0. The minimum Gasteiger partial charge on any atom is -0.495 e. The van der Waals surface area contributed by atoms with Gasteiger partial charge in [-0.2, -0.15) is 4.31 Å². The van der Waals surface area contributed by atoms with Gasteiger partial charge in [0, 0.05) is 6.54 Å². The number of benzene rings is 2. The Morgan fingerprint density at radius 2 is 1.92 bits per heavy atom. The summed E-state index contributed by atoms with van der Waals surface area (Å²) in [7, 11) is -2.15. The Hall–Kier alpha value is -1.96. The Bertz CT molecular complexity index is 981. The van der Waals surface area contributed by atoms with Crippen LogP contribution >= 0.6 is 11.3 Å². The standard InChI is InChI=1S/C18H18N2O3S2/c1-23-15-9-3-5-11-17(15)25(21,22)20-12-6-8-14(20)18-19-13-7-2-4-10-16(13)24-18/h2-5,7,9-11,14H,6,8,12H2,1H3. The molecule has 130 valence electrons. The van der Waals surface area contributed by atoms with Crippen LogP contribution in [0.5, 0.6) is 5.75 Å². The zero-order chi connectivity index (χ0) is 17.4. The van der Waals surface area contributed by atoms with Gasteiger partial charge < -0.3 is 4.74 Å². The SMILES string of the molecule is COc1ccccc1S(=O)(=O)N1CCCC1c1nc2ccccc2s1. The van der Waals surface area contributed by atoms with Gasteiger partial charge in [0.15, 0.2) is 0 Å². The number of fused-ring (bicyclic) bond motifs is 1. The van der Waals surface area contributed by atoms with E-state index in [4.69, 9.17) is 4.74 Å². The fraction of sp³-hybridized carbons (Fsp3) is 0.278. The predicted molar refractivity (Wildman–Crippen MR) is 98.5 cm³/mol. The summed E-state index contributed by atoms with van der Waals surface area (Å²) in [6, 6.07) is 14.5. The number of rotatable bonds is 4. The molecule has 1 atom stereocenters. The molecule has 5 nitrogen and oxygen atoms in total. The quantitative estimate of drug-likeness (QED) is 0.696. The maximum Gasteiger partial charge on any atom is 0.247 e. The molecule has 0 saturated carbocycles. The molecular formula is C18H18N2O3S2. The first-order valence-electron chi connectivity index (χ1n) is 8.11. The molecule has 1 unspecified atom stereocenters. The fourth-order valence-electron chi connectivity index (χ4n) is 3.27. The van der Waals surface area contributed by atoms with Crippen LogP contribution in [-0.2, 0) is 10.0 Å². The highest BCUT2D eigenvalue weighted by atomic mass is 32.2. The second-order valence-electron chi connectivity index (χ2n) is 5.94. The molecule has 0 aliphatic carbocycles. The normalized spacial score (nSPS) is 18.7. The first kappa shape index (κ1) is 16.5. The van der Waals surface area contributed by atoms with Gasteiger partial charge in [0.25, 0.3) is 0 Å². The summed E-state index contributed by atoms with van der Waals surface area (Å²) < 4.78 is 34.4. The molecule has 0 N–H and O–H groups in total. The Labute approximate surface area is 150 Å². The number of nitrogens with zero attached hydrogens (tertiary/aromatic N) is 2. The Kier molecular flexibility index (Phi) is 4.23. The van der Waals surface area contributed by atoms with Crippen molar-refractivity contribution in [2.45, 2.75) is 23.8 Å². The minimum atomic E-state index is -3.64. The Morgan fingerprint density at radius 1 is 1.16 bits per heavy atom. The highest BCUT2D eigenvalue weighted by Crippen LogP contribution is 2.40. The number of thiazole rings is 1. The highest BCUT2D eigenvalue weighted by molar-refractivity contribution is 7.89. The molecule has 2 aromatic carbocycles. The van der Waals surface area contributed by atoms with Gasteiger partial charge in [0.05, 0.1) is 23.4 Å². The van der Waals surface area contributed by atoms with Gasteiger partial charge >= 0.3 is 0 Å². The summed E-state index contributed by atoms with van der Waals surface area (Å²) in [5.74, 6) is 0.373. The van der Waals surface area contributed by atoms with E-state index in [0.717, 1.165) is 28.1 Å². The van der Waals surface area contributed by atoms with Crippen molar-refractivity contribution in [2.24, 2.45) is 0 Å². The van der Waals surface area contributed by atoms with E-state index in [1.807, 2.05) is 24.3 Å². The van der Waals surface area contributed by atoms with E-state index in [9.17, 15) is 8.42 Å². The number of ether oxygens (including phenoxy) is 1.